The van der Waals surface area contributed by atoms with Crippen molar-refractivity contribution in [2.75, 3.05) is 18.8 Å². The Balaban J connectivity index is 1.28. The van der Waals surface area contributed by atoms with E-state index in [-0.39, 0.29) is 22.6 Å². The number of hydrogen-bond donors (Lipinski definition) is 0. The van der Waals surface area contributed by atoms with Gasteiger partial charge in [0.2, 0.25) is 5.82 Å². The summed E-state index contributed by atoms with van der Waals surface area (Å²) in [4.78, 5) is 26.2. The number of ether oxygens (including phenoxy) is 1. The normalized spacial score (nSPS) is 21.7. The first-order chi connectivity index (χ1) is 11.7. The van der Waals surface area contributed by atoms with Gasteiger partial charge in [-0.05, 0) is 30.2 Å². The van der Waals surface area contributed by atoms with Gasteiger partial charge in [0.25, 0.3) is 5.91 Å². The molecule has 4 heterocycles. The first-order valence-electron chi connectivity index (χ1n) is 7.95. The third-order valence-corrected chi connectivity index (χ3v) is 5.99. The highest BCUT2D eigenvalue weighted by Crippen LogP contribution is 2.46. The Morgan fingerprint density at radius 3 is 2.75 bits per heavy atom. The Bertz CT molecular complexity index is 707. The molecular formula is C17H18N4O2S. The lowest BCUT2D eigenvalue weighted by atomic mass is 9.93. The second-order valence-corrected chi connectivity index (χ2v) is 7.71. The third kappa shape index (κ3) is 3.14. The second kappa shape index (κ2) is 6.49. The second-order valence-electron chi connectivity index (χ2n) is 6.22. The van der Waals surface area contributed by atoms with Gasteiger partial charge < -0.3 is 9.64 Å². The monoisotopic (exact) mass is 342 g/mol. The molecule has 0 radical (unpaired) electrons. The van der Waals surface area contributed by atoms with Crippen molar-refractivity contribution >= 4 is 17.7 Å². The molecule has 0 saturated carbocycles. The quantitative estimate of drug-likeness (QED) is 0.844. The van der Waals surface area contributed by atoms with Crippen LogP contribution in [0.2, 0.25) is 0 Å². The van der Waals surface area contributed by atoms with Crippen molar-refractivity contribution in [2.45, 2.75) is 23.9 Å². The predicted molar refractivity (Wildman–Crippen MR) is 90.6 cm³/mol. The van der Waals surface area contributed by atoms with E-state index in [1.807, 2.05) is 28.8 Å². The molecule has 0 N–H and O–H groups in total. The average Bonchev–Trinajstić information content (AvgIpc) is 3.04. The van der Waals surface area contributed by atoms with Gasteiger partial charge in [0.1, 0.15) is 0 Å². The van der Waals surface area contributed by atoms with Crippen LogP contribution in [0.5, 0.6) is 0 Å². The molecular weight excluding hydrogens is 324 g/mol. The van der Waals surface area contributed by atoms with Crippen molar-refractivity contribution in [3.05, 3.63) is 54.4 Å². The molecule has 0 aromatic carbocycles. The maximum absolute atomic E-state index is 12.3. The summed E-state index contributed by atoms with van der Waals surface area (Å²) < 4.78 is 6.17. The number of nitrogens with zero attached hydrogens (tertiary/aromatic N) is 4. The molecule has 2 fully saturated rings. The van der Waals surface area contributed by atoms with Crippen LogP contribution in [0.1, 0.15) is 22.6 Å². The van der Waals surface area contributed by atoms with Crippen molar-refractivity contribution in [1.29, 1.82) is 0 Å². The lowest BCUT2D eigenvalue weighted by Gasteiger charge is -2.47. The summed E-state index contributed by atoms with van der Waals surface area (Å²) in [7, 11) is 0. The van der Waals surface area contributed by atoms with Crippen LogP contribution in [0, 0.1) is 0 Å². The Morgan fingerprint density at radius 1 is 1.25 bits per heavy atom. The Morgan fingerprint density at radius 2 is 2.00 bits per heavy atom. The van der Waals surface area contributed by atoms with E-state index in [1.54, 1.807) is 30.9 Å². The van der Waals surface area contributed by atoms with Crippen molar-refractivity contribution in [3.63, 3.8) is 0 Å². The minimum Gasteiger partial charge on any atom is -0.373 e. The standard InChI is InChI=1S/C17H18N4O2S/c22-16(15-19-4-1-5-20-15)21-11-17(12-21)8-14(10-24-17)23-9-13-2-6-18-7-3-13/h1-7,14H,8-12H2. The van der Waals surface area contributed by atoms with E-state index in [2.05, 4.69) is 15.0 Å². The number of likely N-dealkylation sites (tertiary alicyclic amines) is 1. The van der Waals surface area contributed by atoms with Gasteiger partial charge in [0, 0.05) is 43.6 Å². The van der Waals surface area contributed by atoms with Crippen LogP contribution in [0.15, 0.2) is 43.0 Å². The molecule has 1 amide bonds. The molecule has 2 aromatic rings. The zero-order chi connectivity index (χ0) is 16.4. The summed E-state index contributed by atoms with van der Waals surface area (Å²) >= 11 is 1.92. The van der Waals surface area contributed by atoms with Crippen LogP contribution in [0.3, 0.4) is 0 Å². The van der Waals surface area contributed by atoms with Crippen LogP contribution in [-0.2, 0) is 11.3 Å². The van der Waals surface area contributed by atoms with E-state index in [1.165, 1.54) is 0 Å². The molecule has 2 aliphatic heterocycles. The van der Waals surface area contributed by atoms with Crippen LogP contribution in [0.4, 0.5) is 0 Å². The summed E-state index contributed by atoms with van der Waals surface area (Å²) in [6.45, 7) is 2.12. The predicted octanol–water partition coefficient (Wildman–Crippen LogP) is 1.79. The highest BCUT2D eigenvalue weighted by molar-refractivity contribution is 8.01. The van der Waals surface area contributed by atoms with Crippen LogP contribution in [-0.4, -0.2) is 55.5 Å². The number of hydrogen-bond acceptors (Lipinski definition) is 6. The van der Waals surface area contributed by atoms with Crippen LogP contribution < -0.4 is 0 Å². The van der Waals surface area contributed by atoms with Gasteiger partial charge in [-0.3, -0.25) is 9.78 Å². The van der Waals surface area contributed by atoms with Gasteiger partial charge in [0.05, 0.1) is 17.5 Å². The lowest BCUT2D eigenvalue weighted by Crippen LogP contribution is -2.61. The number of aromatic nitrogens is 3. The SMILES string of the molecule is O=C(c1ncccn1)N1CC2(CC(OCc3ccncc3)CS2)C1. The molecule has 1 spiro atoms. The highest BCUT2D eigenvalue weighted by Gasteiger charge is 2.51. The molecule has 124 valence electrons. The molecule has 6 nitrogen and oxygen atoms in total. The molecule has 1 unspecified atom stereocenters. The van der Waals surface area contributed by atoms with Gasteiger partial charge in [-0.15, -0.1) is 11.8 Å². The molecule has 2 saturated heterocycles. The van der Waals surface area contributed by atoms with E-state index < -0.39 is 0 Å². The summed E-state index contributed by atoms with van der Waals surface area (Å²) in [5, 5.41) is 0. The van der Waals surface area contributed by atoms with Crippen molar-refractivity contribution < 1.29 is 9.53 Å². The fourth-order valence-corrected chi connectivity index (χ4v) is 4.72. The summed E-state index contributed by atoms with van der Waals surface area (Å²) in [5.74, 6) is 1.18. The average molecular weight is 342 g/mol. The van der Waals surface area contributed by atoms with E-state index in [0.717, 1.165) is 30.8 Å². The highest BCUT2D eigenvalue weighted by atomic mass is 32.2. The molecule has 4 rings (SSSR count). The Kier molecular flexibility index (Phi) is 4.20. The van der Waals surface area contributed by atoms with Crippen molar-refractivity contribution in [3.8, 4) is 0 Å². The summed E-state index contributed by atoms with van der Waals surface area (Å²) in [6.07, 6.45) is 8.00. The smallest absolute Gasteiger partial charge is 0.291 e. The Labute approximate surface area is 144 Å². The van der Waals surface area contributed by atoms with E-state index in [0.29, 0.717) is 6.61 Å². The first kappa shape index (κ1) is 15.5. The fourth-order valence-electron chi connectivity index (χ4n) is 3.17. The first-order valence-corrected chi connectivity index (χ1v) is 8.93. The number of carbonyl (C=O) groups is 1. The van der Waals surface area contributed by atoms with Gasteiger partial charge in [-0.1, -0.05) is 0 Å². The van der Waals surface area contributed by atoms with Gasteiger partial charge in [-0.2, -0.15) is 0 Å². The number of amides is 1. The molecule has 24 heavy (non-hydrogen) atoms. The number of rotatable bonds is 4. The lowest BCUT2D eigenvalue weighted by molar-refractivity contribution is 0.0250. The van der Waals surface area contributed by atoms with Gasteiger partial charge in [-0.25, -0.2) is 9.97 Å². The summed E-state index contributed by atoms with van der Waals surface area (Å²) in [6, 6.07) is 5.66. The largest absolute Gasteiger partial charge is 0.373 e. The third-order valence-electron chi connectivity index (χ3n) is 4.41. The topological polar surface area (TPSA) is 68.2 Å². The van der Waals surface area contributed by atoms with E-state index in [9.17, 15) is 4.79 Å². The summed E-state index contributed by atoms with van der Waals surface area (Å²) in [5.41, 5.74) is 1.14. The molecule has 0 bridgehead atoms. The maximum atomic E-state index is 12.3. The molecule has 0 aliphatic carbocycles. The zero-order valence-electron chi connectivity index (χ0n) is 13.2. The zero-order valence-corrected chi connectivity index (χ0v) is 14.0. The molecule has 2 aliphatic rings. The van der Waals surface area contributed by atoms with Crippen LogP contribution >= 0.6 is 11.8 Å². The van der Waals surface area contributed by atoms with Gasteiger partial charge in [0.15, 0.2) is 0 Å². The molecule has 1 atom stereocenters. The van der Waals surface area contributed by atoms with E-state index >= 15 is 0 Å². The molecule has 7 heteroatoms. The number of pyridine rings is 1. The molecule has 2 aromatic heterocycles. The van der Waals surface area contributed by atoms with Crippen molar-refractivity contribution in [2.24, 2.45) is 0 Å². The van der Waals surface area contributed by atoms with Crippen molar-refractivity contribution in [1.82, 2.24) is 19.9 Å². The minimum absolute atomic E-state index is 0.0806. The maximum Gasteiger partial charge on any atom is 0.291 e. The minimum atomic E-state index is -0.0806. The number of carbonyl (C=O) groups excluding carboxylic acids is 1. The number of thioether (sulfide) groups is 1. The van der Waals surface area contributed by atoms with Gasteiger partial charge >= 0.3 is 0 Å². The van der Waals surface area contributed by atoms with Crippen LogP contribution in [0.25, 0.3) is 0 Å². The Hall–Kier alpha value is -1.99. The fraction of sp³-hybridized carbons (Fsp3) is 0.412. The van der Waals surface area contributed by atoms with E-state index in [4.69, 9.17) is 4.74 Å².